The Bertz CT molecular complexity index is 692. The third-order valence-corrected chi connectivity index (χ3v) is 4.90. The lowest BCUT2D eigenvalue weighted by Crippen LogP contribution is -2.12. The quantitative estimate of drug-likeness (QED) is 0.643. The molecular formula is C19H22ClNS. The predicted molar refractivity (Wildman–Crippen MR) is 99.2 cm³/mol. The second-order valence-electron chi connectivity index (χ2n) is 5.81. The van der Waals surface area contributed by atoms with Gasteiger partial charge in [0.05, 0.1) is 0 Å². The number of hydrogen-bond acceptors (Lipinski definition) is 2. The Balaban J connectivity index is 0.00000176. The molecule has 0 aliphatic carbocycles. The van der Waals surface area contributed by atoms with Crippen LogP contribution in [0.1, 0.15) is 23.1 Å². The van der Waals surface area contributed by atoms with Crippen LogP contribution in [0.5, 0.6) is 0 Å². The molecule has 1 aliphatic rings. The van der Waals surface area contributed by atoms with Gasteiger partial charge in [-0.05, 0) is 56.3 Å². The van der Waals surface area contributed by atoms with Crippen molar-refractivity contribution in [3.63, 3.8) is 0 Å². The minimum atomic E-state index is 0. The molecule has 0 N–H and O–H groups in total. The summed E-state index contributed by atoms with van der Waals surface area (Å²) < 4.78 is 0. The fraction of sp³-hybridized carbons (Fsp3) is 0.263. The summed E-state index contributed by atoms with van der Waals surface area (Å²) in [5.74, 6) is 0. The molecule has 0 fully saturated rings. The van der Waals surface area contributed by atoms with E-state index in [2.05, 4.69) is 74.5 Å². The number of benzene rings is 2. The fourth-order valence-corrected chi connectivity index (χ4v) is 3.76. The van der Waals surface area contributed by atoms with Gasteiger partial charge in [-0.25, -0.2) is 0 Å². The Kier molecular flexibility index (Phi) is 5.74. The summed E-state index contributed by atoms with van der Waals surface area (Å²) in [4.78, 5) is 4.97. The second kappa shape index (κ2) is 7.36. The van der Waals surface area contributed by atoms with E-state index in [1.54, 1.807) is 0 Å². The summed E-state index contributed by atoms with van der Waals surface area (Å²) in [6.07, 6.45) is 3.48. The van der Waals surface area contributed by atoms with E-state index in [0.29, 0.717) is 0 Å². The first-order chi connectivity index (χ1) is 10.1. The lowest BCUT2D eigenvalue weighted by Gasteiger charge is -2.23. The number of aryl methyl sites for hydroxylation is 1. The van der Waals surface area contributed by atoms with Gasteiger partial charge in [0, 0.05) is 16.3 Å². The summed E-state index contributed by atoms with van der Waals surface area (Å²) in [6.45, 7) is 3.25. The van der Waals surface area contributed by atoms with Gasteiger partial charge in [-0.2, -0.15) is 0 Å². The van der Waals surface area contributed by atoms with Crippen molar-refractivity contribution >= 4 is 29.7 Å². The molecule has 0 bridgehead atoms. The van der Waals surface area contributed by atoms with Gasteiger partial charge in [-0.15, -0.1) is 12.4 Å². The zero-order valence-electron chi connectivity index (χ0n) is 13.3. The molecule has 3 rings (SSSR count). The van der Waals surface area contributed by atoms with E-state index in [4.69, 9.17) is 0 Å². The van der Waals surface area contributed by atoms with Crippen LogP contribution in [0, 0.1) is 6.92 Å². The summed E-state index contributed by atoms with van der Waals surface area (Å²) in [7, 11) is 4.25. The third-order valence-electron chi connectivity index (χ3n) is 3.75. The van der Waals surface area contributed by atoms with E-state index < -0.39 is 0 Å². The van der Waals surface area contributed by atoms with E-state index in [1.165, 1.54) is 32.1 Å². The smallest absolute Gasteiger partial charge is 0.0201 e. The van der Waals surface area contributed by atoms with Crippen LogP contribution in [0.2, 0.25) is 0 Å². The van der Waals surface area contributed by atoms with Crippen LogP contribution < -0.4 is 0 Å². The number of halogens is 1. The topological polar surface area (TPSA) is 3.24 Å². The first kappa shape index (κ1) is 17.1. The van der Waals surface area contributed by atoms with Crippen molar-refractivity contribution in [3.8, 4) is 0 Å². The molecule has 0 spiro atoms. The highest BCUT2D eigenvalue weighted by Crippen LogP contribution is 2.45. The first-order valence-electron chi connectivity index (χ1n) is 7.38. The lowest BCUT2D eigenvalue weighted by molar-refractivity contribution is 0.417. The van der Waals surface area contributed by atoms with Crippen molar-refractivity contribution < 1.29 is 0 Å². The average Bonchev–Trinajstić information content (AvgIpc) is 2.46. The highest BCUT2D eigenvalue weighted by Gasteiger charge is 2.20. The molecule has 1 nitrogen and oxygen atoms in total. The predicted octanol–water partition coefficient (Wildman–Crippen LogP) is 5.26. The Morgan fingerprint density at radius 3 is 2.50 bits per heavy atom. The fourth-order valence-electron chi connectivity index (χ4n) is 2.67. The van der Waals surface area contributed by atoms with Crippen LogP contribution in [0.4, 0.5) is 0 Å². The normalized spacial score (nSPS) is 14.5. The van der Waals surface area contributed by atoms with Gasteiger partial charge < -0.3 is 4.90 Å². The van der Waals surface area contributed by atoms with Crippen LogP contribution in [0.25, 0.3) is 5.57 Å². The van der Waals surface area contributed by atoms with Crippen molar-refractivity contribution in [2.45, 2.75) is 23.1 Å². The SMILES string of the molecule is Cc1ccc2c(c1)/C(=C\CCN(C)C)c1ccccc1S2.Cl. The number of fused-ring (bicyclic) bond motifs is 2. The van der Waals surface area contributed by atoms with Crippen molar-refractivity contribution in [2.75, 3.05) is 20.6 Å². The maximum atomic E-state index is 2.40. The Hall–Kier alpha value is -1.22. The van der Waals surface area contributed by atoms with Gasteiger partial charge in [0.2, 0.25) is 0 Å². The number of nitrogens with zero attached hydrogens (tertiary/aromatic N) is 1. The standard InChI is InChI=1S/C19H21NS.ClH/c1-14-10-11-19-17(13-14)15(8-6-12-20(2)3)16-7-4-5-9-18(16)21-19;/h4-5,7-11,13H,6,12H2,1-3H3;1H/b15-8-;. The molecule has 2 aromatic carbocycles. The summed E-state index contributed by atoms with van der Waals surface area (Å²) >= 11 is 1.88. The molecule has 0 amide bonds. The molecule has 0 saturated carbocycles. The number of hydrogen-bond donors (Lipinski definition) is 0. The second-order valence-corrected chi connectivity index (χ2v) is 6.89. The maximum absolute atomic E-state index is 2.40. The highest BCUT2D eigenvalue weighted by atomic mass is 35.5. The van der Waals surface area contributed by atoms with E-state index in [1.807, 2.05) is 11.8 Å². The van der Waals surface area contributed by atoms with Crippen LogP contribution in [0.3, 0.4) is 0 Å². The molecule has 2 aromatic rings. The summed E-state index contributed by atoms with van der Waals surface area (Å²) in [5.41, 5.74) is 5.48. The molecule has 3 heteroatoms. The molecule has 116 valence electrons. The van der Waals surface area contributed by atoms with Crippen molar-refractivity contribution in [1.29, 1.82) is 0 Å². The Labute approximate surface area is 143 Å². The lowest BCUT2D eigenvalue weighted by atomic mass is 9.95. The molecular weight excluding hydrogens is 310 g/mol. The van der Waals surface area contributed by atoms with Crippen LogP contribution in [-0.2, 0) is 0 Å². The van der Waals surface area contributed by atoms with E-state index >= 15 is 0 Å². The molecule has 0 saturated heterocycles. The Morgan fingerprint density at radius 1 is 1.00 bits per heavy atom. The van der Waals surface area contributed by atoms with E-state index in [0.717, 1.165) is 13.0 Å². The minimum absolute atomic E-state index is 0. The highest BCUT2D eigenvalue weighted by molar-refractivity contribution is 7.99. The molecule has 1 heterocycles. The van der Waals surface area contributed by atoms with Gasteiger partial charge in [-0.1, -0.05) is 53.7 Å². The molecule has 0 unspecified atom stereocenters. The van der Waals surface area contributed by atoms with Gasteiger partial charge >= 0.3 is 0 Å². The molecule has 0 radical (unpaired) electrons. The summed E-state index contributed by atoms with van der Waals surface area (Å²) in [6, 6.07) is 15.5. The monoisotopic (exact) mass is 331 g/mol. The van der Waals surface area contributed by atoms with Gasteiger partial charge in [0.25, 0.3) is 0 Å². The molecule has 0 aromatic heterocycles. The van der Waals surface area contributed by atoms with E-state index in [-0.39, 0.29) is 12.4 Å². The van der Waals surface area contributed by atoms with Crippen LogP contribution in [0.15, 0.2) is 58.3 Å². The summed E-state index contributed by atoms with van der Waals surface area (Å²) in [5, 5.41) is 0. The molecule has 0 atom stereocenters. The largest absolute Gasteiger partial charge is 0.309 e. The zero-order valence-corrected chi connectivity index (χ0v) is 14.9. The Morgan fingerprint density at radius 2 is 1.73 bits per heavy atom. The van der Waals surface area contributed by atoms with Gasteiger partial charge in [0.15, 0.2) is 0 Å². The van der Waals surface area contributed by atoms with Crippen molar-refractivity contribution in [2.24, 2.45) is 0 Å². The van der Waals surface area contributed by atoms with Crippen molar-refractivity contribution in [3.05, 3.63) is 65.2 Å². The van der Waals surface area contributed by atoms with Crippen molar-refractivity contribution in [1.82, 2.24) is 4.90 Å². The molecule has 1 aliphatic heterocycles. The van der Waals surface area contributed by atoms with Gasteiger partial charge in [-0.3, -0.25) is 0 Å². The first-order valence-corrected chi connectivity index (χ1v) is 8.20. The van der Waals surface area contributed by atoms with Crippen LogP contribution in [-0.4, -0.2) is 25.5 Å². The van der Waals surface area contributed by atoms with E-state index in [9.17, 15) is 0 Å². The third kappa shape index (κ3) is 3.57. The number of rotatable bonds is 3. The van der Waals surface area contributed by atoms with Gasteiger partial charge in [0.1, 0.15) is 0 Å². The van der Waals surface area contributed by atoms with Crippen LogP contribution >= 0.6 is 24.2 Å². The molecule has 22 heavy (non-hydrogen) atoms. The zero-order chi connectivity index (χ0) is 14.8. The maximum Gasteiger partial charge on any atom is 0.0201 e. The minimum Gasteiger partial charge on any atom is -0.309 e. The average molecular weight is 332 g/mol.